The number of esters is 1. The second-order valence-electron chi connectivity index (χ2n) is 5.82. The Bertz CT molecular complexity index is 437. The Morgan fingerprint density at radius 2 is 1.89 bits per heavy atom. The highest BCUT2D eigenvalue weighted by molar-refractivity contribution is 6.89. The molecule has 0 amide bonds. The van der Waals surface area contributed by atoms with Gasteiger partial charge in [-0.2, -0.15) is 0 Å². The molecule has 0 aliphatic rings. The van der Waals surface area contributed by atoms with Crippen LogP contribution in [0.25, 0.3) is 0 Å². The van der Waals surface area contributed by atoms with Crippen LogP contribution in [-0.2, 0) is 9.53 Å². The Kier molecular flexibility index (Phi) is 5.32. The first-order valence-electron chi connectivity index (χ1n) is 6.73. The van der Waals surface area contributed by atoms with Crippen molar-refractivity contribution in [3.05, 3.63) is 29.8 Å². The fourth-order valence-corrected chi connectivity index (χ4v) is 3.80. The van der Waals surface area contributed by atoms with Gasteiger partial charge in [0.2, 0.25) is 0 Å². The average Bonchev–Trinajstić information content (AvgIpc) is 2.36. The Hall–Kier alpha value is -1.13. The van der Waals surface area contributed by atoms with Crippen LogP contribution in [0.4, 0.5) is 0 Å². The van der Waals surface area contributed by atoms with Crippen LogP contribution >= 0.6 is 0 Å². The number of carbonyl (C=O) groups is 1. The molecule has 0 radical (unpaired) electrons. The first-order chi connectivity index (χ1) is 8.79. The van der Waals surface area contributed by atoms with E-state index in [0.29, 0.717) is 6.61 Å². The third-order valence-corrected chi connectivity index (χ3v) is 5.29. The fourth-order valence-electron chi connectivity index (χ4n) is 2.11. The zero-order valence-electron chi connectivity index (χ0n) is 12.4. The van der Waals surface area contributed by atoms with E-state index >= 15 is 0 Å². The number of hydrogen-bond acceptors (Lipinski definition) is 3. The summed E-state index contributed by atoms with van der Waals surface area (Å²) in [6, 6.07) is 7.86. The molecule has 1 N–H and O–H groups in total. The summed E-state index contributed by atoms with van der Waals surface area (Å²) >= 11 is 0. The van der Waals surface area contributed by atoms with Crippen molar-refractivity contribution >= 4 is 19.2 Å². The molecule has 0 aliphatic carbocycles. The second-order valence-corrected chi connectivity index (χ2v) is 10.9. The van der Waals surface area contributed by atoms with E-state index in [9.17, 15) is 9.90 Å². The molecule has 0 bridgehead atoms. The minimum atomic E-state index is -1.55. The van der Waals surface area contributed by atoms with Crippen molar-refractivity contribution in [1.82, 2.24) is 0 Å². The number of rotatable bonds is 5. The van der Waals surface area contributed by atoms with Crippen LogP contribution in [-0.4, -0.2) is 25.8 Å². The topological polar surface area (TPSA) is 46.5 Å². The average molecular weight is 280 g/mol. The van der Waals surface area contributed by atoms with E-state index in [-0.39, 0.29) is 5.97 Å². The smallest absolute Gasteiger partial charge is 0.311 e. The van der Waals surface area contributed by atoms with Crippen LogP contribution in [0.5, 0.6) is 0 Å². The molecular weight excluding hydrogens is 256 g/mol. The van der Waals surface area contributed by atoms with Crippen LogP contribution < -0.4 is 5.19 Å². The summed E-state index contributed by atoms with van der Waals surface area (Å²) in [5.74, 6) is -0.891. The molecule has 0 spiro atoms. The summed E-state index contributed by atoms with van der Waals surface area (Å²) in [7, 11) is -1.55. The standard InChI is InChI=1S/C15H24O3Si/c1-6-18-15(17)11(2)14(16)12-9-7-8-10-13(12)19(3,4)5/h7-11,14,16H,6H2,1-5H3/t11-,14-/m1/s1. The van der Waals surface area contributed by atoms with Crippen molar-refractivity contribution in [1.29, 1.82) is 0 Å². The quantitative estimate of drug-likeness (QED) is 0.666. The molecular formula is C15H24O3Si. The fraction of sp³-hybridized carbons (Fsp3) is 0.533. The molecule has 1 rings (SSSR count). The predicted molar refractivity (Wildman–Crippen MR) is 80.2 cm³/mol. The molecule has 0 aromatic heterocycles. The molecule has 0 fully saturated rings. The first kappa shape index (κ1) is 15.9. The molecule has 19 heavy (non-hydrogen) atoms. The zero-order valence-corrected chi connectivity index (χ0v) is 13.4. The van der Waals surface area contributed by atoms with Gasteiger partial charge in [-0.3, -0.25) is 4.79 Å². The van der Waals surface area contributed by atoms with E-state index in [1.54, 1.807) is 13.8 Å². The molecule has 106 valence electrons. The van der Waals surface area contributed by atoms with Crippen molar-refractivity contribution in [2.45, 2.75) is 39.6 Å². The van der Waals surface area contributed by atoms with Crippen molar-refractivity contribution in [2.75, 3.05) is 6.61 Å². The van der Waals surface area contributed by atoms with Gasteiger partial charge in [0.15, 0.2) is 0 Å². The third kappa shape index (κ3) is 3.91. The molecule has 1 aromatic carbocycles. The second kappa shape index (κ2) is 6.35. The van der Waals surface area contributed by atoms with Gasteiger partial charge in [-0.15, -0.1) is 0 Å². The number of aliphatic hydroxyl groups is 1. The van der Waals surface area contributed by atoms with E-state index in [2.05, 4.69) is 25.7 Å². The summed E-state index contributed by atoms with van der Waals surface area (Å²) in [4.78, 5) is 11.7. The van der Waals surface area contributed by atoms with Gasteiger partial charge in [-0.25, -0.2) is 0 Å². The van der Waals surface area contributed by atoms with Crippen molar-refractivity contribution in [3.63, 3.8) is 0 Å². The highest BCUT2D eigenvalue weighted by Crippen LogP contribution is 2.23. The van der Waals surface area contributed by atoms with Gasteiger partial charge in [0.25, 0.3) is 0 Å². The monoisotopic (exact) mass is 280 g/mol. The van der Waals surface area contributed by atoms with Gasteiger partial charge in [0, 0.05) is 0 Å². The van der Waals surface area contributed by atoms with Gasteiger partial charge in [-0.05, 0) is 19.4 Å². The molecule has 0 saturated heterocycles. The number of hydrogen-bond donors (Lipinski definition) is 1. The lowest BCUT2D eigenvalue weighted by atomic mass is 9.97. The number of ether oxygens (including phenoxy) is 1. The van der Waals surface area contributed by atoms with E-state index in [4.69, 9.17) is 4.74 Å². The minimum Gasteiger partial charge on any atom is -0.466 e. The highest BCUT2D eigenvalue weighted by Gasteiger charge is 2.29. The van der Waals surface area contributed by atoms with Crippen molar-refractivity contribution in [3.8, 4) is 0 Å². The van der Waals surface area contributed by atoms with Crippen LogP contribution in [0.2, 0.25) is 19.6 Å². The van der Waals surface area contributed by atoms with E-state index in [0.717, 1.165) is 5.56 Å². The molecule has 0 unspecified atom stereocenters. The maximum atomic E-state index is 11.7. The molecule has 0 heterocycles. The van der Waals surface area contributed by atoms with Crippen LogP contribution in [0.1, 0.15) is 25.5 Å². The summed E-state index contributed by atoms with van der Waals surface area (Å²) in [5.41, 5.74) is 0.863. The molecule has 0 saturated carbocycles. The highest BCUT2D eigenvalue weighted by atomic mass is 28.3. The summed E-state index contributed by atoms with van der Waals surface area (Å²) in [6.45, 7) is 10.5. The van der Waals surface area contributed by atoms with Crippen LogP contribution in [0.15, 0.2) is 24.3 Å². The Labute approximate surface area is 116 Å². The molecule has 2 atom stereocenters. The third-order valence-electron chi connectivity index (χ3n) is 3.22. The van der Waals surface area contributed by atoms with Gasteiger partial charge in [0.1, 0.15) is 0 Å². The predicted octanol–water partition coefficient (Wildman–Crippen LogP) is 2.46. The Morgan fingerprint density at radius 3 is 2.42 bits per heavy atom. The Balaban J connectivity index is 3.06. The number of aliphatic hydroxyl groups excluding tert-OH is 1. The lowest BCUT2D eigenvalue weighted by molar-refractivity contribution is -0.151. The van der Waals surface area contributed by atoms with Gasteiger partial charge in [-0.1, -0.05) is 49.1 Å². The minimum absolute atomic E-state index is 0.339. The molecule has 3 nitrogen and oxygen atoms in total. The van der Waals surface area contributed by atoms with Gasteiger partial charge < -0.3 is 9.84 Å². The summed E-state index contributed by atoms with van der Waals surface area (Å²) in [5, 5.41) is 11.6. The lowest BCUT2D eigenvalue weighted by Crippen LogP contribution is -2.41. The lowest BCUT2D eigenvalue weighted by Gasteiger charge is -2.26. The van der Waals surface area contributed by atoms with E-state index < -0.39 is 20.1 Å². The van der Waals surface area contributed by atoms with Crippen LogP contribution in [0, 0.1) is 5.92 Å². The van der Waals surface area contributed by atoms with Crippen molar-refractivity contribution in [2.24, 2.45) is 5.92 Å². The maximum absolute atomic E-state index is 11.7. The number of carbonyl (C=O) groups excluding carboxylic acids is 1. The van der Waals surface area contributed by atoms with Gasteiger partial charge in [0.05, 0.1) is 26.7 Å². The maximum Gasteiger partial charge on any atom is 0.311 e. The van der Waals surface area contributed by atoms with Crippen molar-refractivity contribution < 1.29 is 14.6 Å². The zero-order chi connectivity index (χ0) is 14.6. The normalized spacial score (nSPS) is 14.8. The largest absolute Gasteiger partial charge is 0.466 e. The number of benzene rings is 1. The van der Waals surface area contributed by atoms with E-state index in [1.807, 2.05) is 18.2 Å². The molecule has 0 aliphatic heterocycles. The van der Waals surface area contributed by atoms with Gasteiger partial charge >= 0.3 is 5.97 Å². The molecule has 1 aromatic rings. The van der Waals surface area contributed by atoms with Crippen LogP contribution in [0.3, 0.4) is 0 Å². The summed E-state index contributed by atoms with van der Waals surface area (Å²) < 4.78 is 4.98. The SMILES string of the molecule is CCOC(=O)[C@H](C)[C@@H](O)c1ccccc1[Si](C)(C)C. The molecule has 4 heteroatoms. The van der Waals surface area contributed by atoms with E-state index in [1.165, 1.54) is 5.19 Å². The summed E-state index contributed by atoms with van der Waals surface area (Å²) in [6.07, 6.45) is -0.804. The Morgan fingerprint density at radius 1 is 1.32 bits per heavy atom. The first-order valence-corrected chi connectivity index (χ1v) is 10.2.